The number of aromatic nitrogens is 4. The fourth-order valence-corrected chi connectivity index (χ4v) is 5.71. The number of nitrogens with zero attached hydrogens (tertiary/aromatic N) is 4. The molecule has 4 rings (SSSR count). The lowest BCUT2D eigenvalue weighted by Gasteiger charge is -2.28. The summed E-state index contributed by atoms with van der Waals surface area (Å²) in [6.07, 6.45) is -0.941. The van der Waals surface area contributed by atoms with E-state index in [1.807, 2.05) is 0 Å². The van der Waals surface area contributed by atoms with Crippen molar-refractivity contribution in [2.24, 2.45) is 0 Å². The second kappa shape index (κ2) is 11.1. The maximum atomic E-state index is 14.0. The molecule has 206 valence electrons. The third-order valence-corrected chi connectivity index (χ3v) is 7.32. The fraction of sp³-hybridized carbons (Fsp3) is 0.478. The molecule has 0 amide bonds. The predicted octanol–water partition coefficient (Wildman–Crippen LogP) is 3.23. The van der Waals surface area contributed by atoms with E-state index in [9.17, 15) is 14.5 Å². The Kier molecular flexibility index (Phi) is 8.26. The van der Waals surface area contributed by atoms with Crippen LogP contribution < -0.4 is 15.3 Å². The number of nitrogens with two attached hydrogens (primary N) is 1. The molecule has 1 aliphatic heterocycles. The van der Waals surface area contributed by atoms with Crippen LogP contribution in [0.2, 0.25) is 5.28 Å². The van der Waals surface area contributed by atoms with Crippen LogP contribution in [0.1, 0.15) is 40.3 Å². The van der Waals surface area contributed by atoms with Gasteiger partial charge in [-0.05, 0) is 51.4 Å². The quantitative estimate of drug-likeness (QED) is 0.196. The number of hydrogen-bond acceptors (Lipinski definition) is 11. The first kappa shape index (κ1) is 28.2. The number of para-hydroxylation sites is 1. The number of carbonyl (C=O) groups excluding carboxylic acids is 1. The minimum absolute atomic E-state index is 0.0673. The SMILES string of the molecule is C[C@H](NP(=O)(Oc1ccccc1)O[C@@H]1C[C@H](n2cnc3c(N)nc(Cl)nc32)O[C@@H]1CO)C(=O)OC(C)(C)C. The molecular formula is C23H30ClN6O7P. The molecule has 0 radical (unpaired) electrons. The van der Waals surface area contributed by atoms with Gasteiger partial charge in [-0.25, -0.2) is 9.55 Å². The van der Waals surface area contributed by atoms with Gasteiger partial charge in [-0.2, -0.15) is 15.1 Å². The number of rotatable bonds is 9. The highest BCUT2D eigenvalue weighted by atomic mass is 35.5. The van der Waals surface area contributed by atoms with Gasteiger partial charge in [0.1, 0.15) is 41.3 Å². The minimum Gasteiger partial charge on any atom is -0.459 e. The zero-order valence-corrected chi connectivity index (χ0v) is 22.9. The van der Waals surface area contributed by atoms with Crippen LogP contribution in [0.15, 0.2) is 36.7 Å². The van der Waals surface area contributed by atoms with Gasteiger partial charge >= 0.3 is 13.7 Å². The van der Waals surface area contributed by atoms with E-state index in [0.29, 0.717) is 11.2 Å². The minimum atomic E-state index is -4.22. The maximum absolute atomic E-state index is 14.0. The van der Waals surface area contributed by atoms with E-state index in [2.05, 4.69) is 20.0 Å². The Balaban J connectivity index is 1.58. The standard InChI is InChI=1S/C23H30ClN6O7P/c1-13(21(32)35-23(2,3)4)29-38(33,36-14-8-6-5-7-9-14)37-15-10-17(34-16(15)11-31)30-12-26-18-19(25)27-22(24)28-20(18)30/h5-9,12-13,15-17,31H,10-11H2,1-4H3,(H,29,33)(H2,25,27,28)/t13-,15+,16+,17+,38?/m0/s1. The van der Waals surface area contributed by atoms with Crippen molar-refractivity contribution in [1.29, 1.82) is 0 Å². The molecular weight excluding hydrogens is 539 g/mol. The van der Waals surface area contributed by atoms with Gasteiger partial charge in [-0.1, -0.05) is 18.2 Å². The van der Waals surface area contributed by atoms with E-state index in [0.717, 1.165) is 0 Å². The Bertz CT molecular complexity index is 1340. The van der Waals surface area contributed by atoms with Crippen molar-refractivity contribution < 1.29 is 33.0 Å². The monoisotopic (exact) mass is 568 g/mol. The molecule has 0 aliphatic carbocycles. The van der Waals surface area contributed by atoms with Crippen LogP contribution in [0.4, 0.5) is 5.82 Å². The molecule has 1 unspecified atom stereocenters. The van der Waals surface area contributed by atoms with Gasteiger partial charge in [0.25, 0.3) is 0 Å². The molecule has 1 fully saturated rings. The van der Waals surface area contributed by atoms with Crippen molar-refractivity contribution in [2.45, 2.75) is 64.2 Å². The highest BCUT2D eigenvalue weighted by Gasteiger charge is 2.44. The summed E-state index contributed by atoms with van der Waals surface area (Å²) in [5, 5.41) is 12.6. The summed E-state index contributed by atoms with van der Waals surface area (Å²) >= 11 is 5.97. The number of imidazole rings is 1. The second-order valence-electron chi connectivity index (χ2n) is 9.68. The van der Waals surface area contributed by atoms with E-state index in [4.69, 9.17) is 35.9 Å². The molecule has 0 saturated carbocycles. The summed E-state index contributed by atoms with van der Waals surface area (Å²) in [6.45, 7) is 6.21. The van der Waals surface area contributed by atoms with Crippen LogP contribution in [0.5, 0.6) is 5.75 Å². The Labute approximate surface area is 224 Å². The van der Waals surface area contributed by atoms with Crippen molar-refractivity contribution in [2.75, 3.05) is 12.3 Å². The first-order valence-electron chi connectivity index (χ1n) is 11.8. The number of hydrogen-bond donors (Lipinski definition) is 3. The lowest BCUT2D eigenvalue weighted by Crippen LogP contribution is -2.40. The van der Waals surface area contributed by atoms with Gasteiger partial charge in [-0.15, -0.1) is 0 Å². The number of benzene rings is 1. The average molecular weight is 569 g/mol. The van der Waals surface area contributed by atoms with Crippen LogP contribution in [0.25, 0.3) is 11.2 Å². The Morgan fingerprint density at radius 3 is 2.71 bits per heavy atom. The van der Waals surface area contributed by atoms with Crippen molar-refractivity contribution >= 4 is 42.3 Å². The van der Waals surface area contributed by atoms with Gasteiger partial charge in [0.2, 0.25) is 5.28 Å². The normalized spacial score (nSPS) is 22.2. The van der Waals surface area contributed by atoms with E-state index < -0.39 is 50.4 Å². The van der Waals surface area contributed by atoms with Gasteiger partial charge in [-0.3, -0.25) is 13.9 Å². The molecule has 0 bridgehead atoms. The number of nitrogen functional groups attached to an aromatic ring is 1. The van der Waals surface area contributed by atoms with Gasteiger partial charge in [0, 0.05) is 6.42 Å². The van der Waals surface area contributed by atoms with Crippen LogP contribution in [-0.2, 0) is 23.4 Å². The van der Waals surface area contributed by atoms with Crippen LogP contribution in [-0.4, -0.2) is 61.1 Å². The van der Waals surface area contributed by atoms with Gasteiger partial charge in [0.05, 0.1) is 12.9 Å². The number of aliphatic hydroxyl groups is 1. The number of ether oxygens (including phenoxy) is 2. The van der Waals surface area contributed by atoms with Crippen LogP contribution in [0, 0.1) is 0 Å². The third kappa shape index (κ3) is 6.60. The Hall–Kier alpha value is -2.80. The molecule has 3 aromatic rings. The number of fused-ring (bicyclic) bond motifs is 1. The summed E-state index contributed by atoms with van der Waals surface area (Å²) in [4.78, 5) is 24.9. The van der Waals surface area contributed by atoms with E-state index in [-0.39, 0.29) is 23.3 Å². The number of anilines is 1. The van der Waals surface area contributed by atoms with Gasteiger partial charge in [0.15, 0.2) is 11.5 Å². The number of halogens is 1. The van der Waals surface area contributed by atoms with Crippen molar-refractivity contribution in [3.63, 3.8) is 0 Å². The maximum Gasteiger partial charge on any atom is 0.459 e. The topological polar surface area (TPSA) is 173 Å². The van der Waals surface area contributed by atoms with Gasteiger partial charge < -0.3 is 24.8 Å². The molecule has 15 heteroatoms. The zero-order valence-electron chi connectivity index (χ0n) is 21.3. The highest BCUT2D eigenvalue weighted by molar-refractivity contribution is 7.52. The second-order valence-corrected chi connectivity index (χ2v) is 11.7. The summed E-state index contributed by atoms with van der Waals surface area (Å²) in [7, 11) is -4.22. The number of nitrogens with one attached hydrogen (secondary N) is 1. The molecule has 3 heterocycles. The molecule has 0 spiro atoms. The van der Waals surface area contributed by atoms with Crippen molar-refractivity contribution in [1.82, 2.24) is 24.6 Å². The van der Waals surface area contributed by atoms with E-state index >= 15 is 0 Å². The summed E-state index contributed by atoms with van der Waals surface area (Å²) < 4.78 is 38.6. The third-order valence-electron chi connectivity index (χ3n) is 5.45. The summed E-state index contributed by atoms with van der Waals surface area (Å²) in [6, 6.07) is 7.31. The molecule has 1 aromatic carbocycles. The zero-order chi connectivity index (χ0) is 27.7. The molecule has 4 N–H and O–H groups in total. The molecule has 38 heavy (non-hydrogen) atoms. The van der Waals surface area contributed by atoms with Crippen molar-refractivity contribution in [3.8, 4) is 5.75 Å². The lowest BCUT2D eigenvalue weighted by atomic mass is 10.2. The number of aliphatic hydroxyl groups excluding tert-OH is 1. The number of esters is 1. The van der Waals surface area contributed by atoms with Crippen LogP contribution >= 0.6 is 19.3 Å². The fourth-order valence-electron chi connectivity index (χ4n) is 3.82. The summed E-state index contributed by atoms with van der Waals surface area (Å²) in [5.74, 6) is -0.293. The predicted molar refractivity (Wildman–Crippen MR) is 138 cm³/mol. The summed E-state index contributed by atoms with van der Waals surface area (Å²) in [5.41, 5.74) is 5.80. The van der Waals surface area contributed by atoms with Crippen LogP contribution in [0.3, 0.4) is 0 Å². The number of carbonyl (C=O) groups is 1. The average Bonchev–Trinajstić information content (AvgIpc) is 3.42. The Morgan fingerprint density at radius 1 is 1.34 bits per heavy atom. The molecule has 2 aromatic heterocycles. The largest absolute Gasteiger partial charge is 0.459 e. The Morgan fingerprint density at radius 2 is 2.05 bits per heavy atom. The first-order valence-corrected chi connectivity index (χ1v) is 13.7. The smallest absolute Gasteiger partial charge is 0.459 e. The van der Waals surface area contributed by atoms with E-state index in [1.165, 1.54) is 13.3 Å². The molecule has 5 atom stereocenters. The van der Waals surface area contributed by atoms with Crippen molar-refractivity contribution in [3.05, 3.63) is 41.9 Å². The molecule has 1 aliphatic rings. The highest BCUT2D eigenvalue weighted by Crippen LogP contribution is 2.49. The molecule has 1 saturated heterocycles. The first-order chi connectivity index (χ1) is 17.9. The van der Waals surface area contributed by atoms with E-state index in [1.54, 1.807) is 55.7 Å². The lowest BCUT2D eigenvalue weighted by molar-refractivity contribution is -0.156. The molecule has 13 nitrogen and oxygen atoms in total.